The lowest BCUT2D eigenvalue weighted by molar-refractivity contribution is -0.119. The van der Waals surface area contributed by atoms with Crippen molar-refractivity contribution in [2.45, 2.75) is 36.1 Å². The van der Waals surface area contributed by atoms with Crippen LogP contribution in [0.2, 0.25) is 0 Å². The van der Waals surface area contributed by atoms with Crippen molar-refractivity contribution in [2.24, 2.45) is 7.05 Å². The van der Waals surface area contributed by atoms with Crippen LogP contribution in [0.3, 0.4) is 0 Å². The highest BCUT2D eigenvalue weighted by atomic mass is 32.2. The second-order valence-electron chi connectivity index (χ2n) is 5.82. The first kappa shape index (κ1) is 14.4. The summed E-state index contributed by atoms with van der Waals surface area (Å²) in [5, 5.41) is 9.64. The molecule has 0 N–H and O–H groups in total. The van der Waals surface area contributed by atoms with Crippen LogP contribution in [0.4, 0.5) is 0 Å². The zero-order valence-corrected chi connectivity index (χ0v) is 13.5. The van der Waals surface area contributed by atoms with E-state index in [4.69, 9.17) is 0 Å². The Morgan fingerprint density at radius 1 is 1.17 bits per heavy atom. The van der Waals surface area contributed by atoms with Crippen molar-refractivity contribution in [1.29, 1.82) is 0 Å². The van der Waals surface area contributed by atoms with Gasteiger partial charge in [0.15, 0.2) is 5.16 Å². The number of benzene rings is 1. The third-order valence-corrected chi connectivity index (χ3v) is 5.60. The van der Waals surface area contributed by atoms with Gasteiger partial charge in [0.2, 0.25) is 5.78 Å². The number of carbonyl (C=O) groups is 1. The minimum absolute atomic E-state index is 0.0628. The SMILES string of the molecule is Cn1c(=O)c2ccccc2n2c(SC3CCCCC3=O)nnc12. The van der Waals surface area contributed by atoms with E-state index in [1.165, 1.54) is 16.3 Å². The summed E-state index contributed by atoms with van der Waals surface area (Å²) < 4.78 is 3.38. The average molecular weight is 328 g/mol. The number of aryl methyl sites for hydroxylation is 1. The van der Waals surface area contributed by atoms with Gasteiger partial charge in [-0.2, -0.15) is 0 Å². The van der Waals surface area contributed by atoms with E-state index in [9.17, 15) is 9.59 Å². The number of fused-ring (bicyclic) bond motifs is 3. The highest BCUT2D eigenvalue weighted by Gasteiger charge is 2.26. The molecular weight excluding hydrogens is 312 g/mol. The molecule has 1 aliphatic carbocycles. The van der Waals surface area contributed by atoms with Crippen LogP contribution in [-0.2, 0) is 11.8 Å². The fourth-order valence-electron chi connectivity index (χ4n) is 3.09. The van der Waals surface area contributed by atoms with Crippen LogP contribution in [0, 0.1) is 0 Å². The van der Waals surface area contributed by atoms with Gasteiger partial charge in [-0.1, -0.05) is 30.3 Å². The topological polar surface area (TPSA) is 69.3 Å². The van der Waals surface area contributed by atoms with Crippen LogP contribution in [0.1, 0.15) is 25.7 Å². The molecule has 3 aromatic rings. The van der Waals surface area contributed by atoms with Gasteiger partial charge in [0.05, 0.1) is 16.2 Å². The monoisotopic (exact) mass is 328 g/mol. The number of aromatic nitrogens is 4. The van der Waals surface area contributed by atoms with E-state index in [0.717, 1.165) is 24.8 Å². The first-order chi connectivity index (χ1) is 11.2. The van der Waals surface area contributed by atoms with E-state index in [0.29, 0.717) is 22.7 Å². The van der Waals surface area contributed by atoms with E-state index in [1.54, 1.807) is 13.1 Å². The molecule has 1 atom stereocenters. The molecular formula is C16H16N4O2S. The first-order valence-corrected chi connectivity index (χ1v) is 8.57. The Morgan fingerprint density at radius 3 is 2.83 bits per heavy atom. The van der Waals surface area contributed by atoms with Gasteiger partial charge >= 0.3 is 0 Å². The molecule has 6 nitrogen and oxygen atoms in total. The van der Waals surface area contributed by atoms with E-state index in [1.807, 2.05) is 22.6 Å². The Kier molecular flexibility index (Phi) is 3.45. The normalized spacial score (nSPS) is 18.8. The Bertz CT molecular complexity index is 975. The van der Waals surface area contributed by atoms with Gasteiger partial charge in [-0.3, -0.25) is 18.6 Å². The van der Waals surface area contributed by atoms with Gasteiger partial charge in [0.25, 0.3) is 5.56 Å². The van der Waals surface area contributed by atoms with Crippen molar-refractivity contribution in [3.05, 3.63) is 34.6 Å². The smallest absolute Gasteiger partial charge is 0.262 e. The molecule has 2 aromatic heterocycles. The fourth-order valence-corrected chi connectivity index (χ4v) is 4.25. The number of hydrogen-bond donors (Lipinski definition) is 0. The first-order valence-electron chi connectivity index (χ1n) is 7.69. The number of nitrogens with zero attached hydrogens (tertiary/aromatic N) is 4. The molecule has 1 aromatic carbocycles. The van der Waals surface area contributed by atoms with Gasteiger partial charge in [-0.25, -0.2) is 0 Å². The predicted molar refractivity (Wildman–Crippen MR) is 88.9 cm³/mol. The van der Waals surface area contributed by atoms with E-state index in [-0.39, 0.29) is 16.6 Å². The van der Waals surface area contributed by atoms with Crippen LogP contribution in [0.25, 0.3) is 16.7 Å². The Morgan fingerprint density at radius 2 is 2.00 bits per heavy atom. The highest BCUT2D eigenvalue weighted by Crippen LogP contribution is 2.31. The lowest BCUT2D eigenvalue weighted by atomic mass is 9.99. The zero-order chi connectivity index (χ0) is 16.0. The van der Waals surface area contributed by atoms with Gasteiger partial charge < -0.3 is 0 Å². The summed E-state index contributed by atoms with van der Waals surface area (Å²) in [6.45, 7) is 0. The van der Waals surface area contributed by atoms with Crippen molar-refractivity contribution in [3.63, 3.8) is 0 Å². The predicted octanol–water partition coefficient (Wildman–Crippen LogP) is 2.18. The molecule has 1 fully saturated rings. The summed E-state index contributed by atoms with van der Waals surface area (Å²) in [5.74, 6) is 0.784. The molecule has 4 rings (SSSR count). The van der Waals surface area contributed by atoms with Gasteiger partial charge in [0.1, 0.15) is 5.78 Å². The third kappa shape index (κ3) is 2.26. The maximum atomic E-state index is 12.4. The van der Waals surface area contributed by atoms with Crippen molar-refractivity contribution >= 4 is 34.2 Å². The minimum atomic E-state index is -0.0919. The molecule has 1 saturated carbocycles. The quantitative estimate of drug-likeness (QED) is 0.721. The van der Waals surface area contributed by atoms with Crippen LogP contribution >= 0.6 is 11.8 Å². The van der Waals surface area contributed by atoms with Crippen LogP contribution in [0.5, 0.6) is 0 Å². The standard InChI is InChI=1S/C16H16N4O2S/c1-19-14(22)10-6-2-3-7-11(10)20-15(19)17-18-16(20)23-13-9-5-4-8-12(13)21/h2-3,6-7,13H,4-5,8-9H2,1H3. The van der Waals surface area contributed by atoms with Gasteiger partial charge in [-0.15, -0.1) is 10.2 Å². The second-order valence-corrected chi connectivity index (χ2v) is 6.99. The molecule has 0 radical (unpaired) electrons. The minimum Gasteiger partial charge on any atom is -0.298 e. The Labute approximate surface area is 136 Å². The number of thioether (sulfide) groups is 1. The Hall–Kier alpha value is -2.15. The maximum absolute atomic E-state index is 12.4. The van der Waals surface area contributed by atoms with Crippen LogP contribution in [0.15, 0.2) is 34.2 Å². The highest BCUT2D eigenvalue weighted by molar-refractivity contribution is 8.00. The molecule has 0 spiro atoms. The summed E-state index contributed by atoms with van der Waals surface area (Å²) in [7, 11) is 1.69. The summed E-state index contributed by atoms with van der Waals surface area (Å²) in [6.07, 6.45) is 3.57. The largest absolute Gasteiger partial charge is 0.298 e. The maximum Gasteiger partial charge on any atom is 0.262 e. The van der Waals surface area contributed by atoms with E-state index < -0.39 is 0 Å². The van der Waals surface area contributed by atoms with Crippen molar-refractivity contribution < 1.29 is 4.79 Å². The average Bonchev–Trinajstić information content (AvgIpc) is 2.99. The number of ketones is 1. The summed E-state index contributed by atoms with van der Waals surface area (Å²) in [4.78, 5) is 24.5. The molecule has 23 heavy (non-hydrogen) atoms. The summed E-state index contributed by atoms with van der Waals surface area (Å²) in [5.41, 5.74) is 0.687. The molecule has 0 aliphatic heterocycles. The molecule has 7 heteroatoms. The van der Waals surface area contributed by atoms with Crippen molar-refractivity contribution in [3.8, 4) is 0 Å². The fraction of sp³-hybridized carbons (Fsp3) is 0.375. The number of rotatable bonds is 2. The molecule has 0 saturated heterocycles. The zero-order valence-electron chi connectivity index (χ0n) is 12.7. The number of Topliss-reactive ketones (excluding diaryl/α,β-unsaturated/α-hetero) is 1. The number of hydrogen-bond acceptors (Lipinski definition) is 5. The van der Waals surface area contributed by atoms with Crippen molar-refractivity contribution in [2.75, 3.05) is 0 Å². The van der Waals surface area contributed by atoms with Gasteiger partial charge in [0, 0.05) is 13.5 Å². The molecule has 118 valence electrons. The lowest BCUT2D eigenvalue weighted by Crippen LogP contribution is -2.22. The number of para-hydroxylation sites is 1. The summed E-state index contributed by atoms with van der Waals surface area (Å²) >= 11 is 1.46. The molecule has 1 aliphatic rings. The third-order valence-electron chi connectivity index (χ3n) is 4.34. The lowest BCUT2D eigenvalue weighted by Gasteiger charge is -2.19. The number of carbonyl (C=O) groups excluding carboxylic acids is 1. The second kappa shape index (κ2) is 5.49. The van der Waals surface area contributed by atoms with E-state index >= 15 is 0 Å². The van der Waals surface area contributed by atoms with Crippen molar-refractivity contribution in [1.82, 2.24) is 19.2 Å². The summed E-state index contributed by atoms with van der Waals surface area (Å²) in [6, 6.07) is 7.43. The molecule has 0 amide bonds. The van der Waals surface area contributed by atoms with Gasteiger partial charge in [-0.05, 0) is 25.0 Å². The Balaban J connectivity index is 1.91. The van der Waals surface area contributed by atoms with E-state index in [2.05, 4.69) is 10.2 Å². The molecule has 0 bridgehead atoms. The van der Waals surface area contributed by atoms with Crippen LogP contribution < -0.4 is 5.56 Å². The van der Waals surface area contributed by atoms with Crippen LogP contribution in [-0.4, -0.2) is 30.2 Å². The molecule has 2 heterocycles. The molecule has 1 unspecified atom stereocenters.